The van der Waals surface area contributed by atoms with Gasteiger partial charge in [0.1, 0.15) is 11.6 Å². The summed E-state index contributed by atoms with van der Waals surface area (Å²) in [4.78, 5) is 23.3. The Morgan fingerprint density at radius 2 is 0.778 bits per heavy atom. The summed E-state index contributed by atoms with van der Waals surface area (Å²) < 4.78 is 71.7. The van der Waals surface area contributed by atoms with E-state index in [0.29, 0.717) is 51.4 Å². The zero-order valence-electron chi connectivity index (χ0n) is 15.7. The van der Waals surface area contributed by atoms with Crippen LogP contribution in [0.4, 0.5) is 26.3 Å². The molecule has 0 saturated heterocycles. The number of halogens is 6. The fourth-order valence-electron chi connectivity index (χ4n) is 2.75. The van der Waals surface area contributed by atoms with Crippen molar-refractivity contribution in [2.75, 3.05) is 0 Å². The van der Waals surface area contributed by atoms with Crippen LogP contribution in [0.3, 0.4) is 0 Å². The van der Waals surface area contributed by atoms with Crippen LogP contribution in [0.15, 0.2) is 0 Å². The fraction of sp³-hybridized carbons (Fsp3) is 0.895. The van der Waals surface area contributed by atoms with Crippen molar-refractivity contribution in [3.63, 3.8) is 0 Å². The van der Waals surface area contributed by atoms with E-state index in [2.05, 4.69) is 0 Å². The number of hydrogen-bond donors (Lipinski definition) is 0. The van der Waals surface area contributed by atoms with Crippen LogP contribution >= 0.6 is 0 Å². The second-order valence-corrected chi connectivity index (χ2v) is 7.02. The molecule has 0 aliphatic heterocycles. The Labute approximate surface area is 157 Å². The lowest BCUT2D eigenvalue weighted by Crippen LogP contribution is -2.08. The molecular formula is C19H30F6O2. The van der Waals surface area contributed by atoms with Crippen LogP contribution < -0.4 is 0 Å². The highest BCUT2D eigenvalue weighted by atomic mass is 19.4. The summed E-state index contributed by atoms with van der Waals surface area (Å²) in [5, 5.41) is 0. The molecule has 0 bridgehead atoms. The molecule has 0 amide bonds. The standard InChI is InChI=1S/C19H30F6O2/c20-18(21,22)13-9-5-1-3-7-11-16(26)15-17(27)12-8-4-2-6-10-14-19(23,24)25/h1-15H2. The summed E-state index contributed by atoms with van der Waals surface area (Å²) in [5.41, 5.74) is 0. The Kier molecular flexibility index (Phi) is 13.4. The molecule has 0 unspecified atom stereocenters. The van der Waals surface area contributed by atoms with E-state index >= 15 is 0 Å². The van der Waals surface area contributed by atoms with Gasteiger partial charge in [0.2, 0.25) is 0 Å². The first-order valence-corrected chi connectivity index (χ1v) is 9.66. The molecule has 0 aromatic rings. The molecule has 0 N–H and O–H groups in total. The predicted octanol–water partition coefficient (Wildman–Crippen LogP) is 7.10. The van der Waals surface area contributed by atoms with E-state index in [4.69, 9.17) is 0 Å². The molecule has 2 nitrogen and oxygen atoms in total. The molecule has 0 aliphatic rings. The number of alkyl halides is 6. The third-order valence-corrected chi connectivity index (χ3v) is 4.23. The van der Waals surface area contributed by atoms with E-state index in [1.807, 2.05) is 0 Å². The van der Waals surface area contributed by atoms with Crippen molar-refractivity contribution >= 4 is 11.6 Å². The fourth-order valence-corrected chi connectivity index (χ4v) is 2.75. The largest absolute Gasteiger partial charge is 0.389 e. The minimum Gasteiger partial charge on any atom is -0.299 e. The van der Waals surface area contributed by atoms with Gasteiger partial charge in [0.25, 0.3) is 0 Å². The molecule has 0 atom stereocenters. The van der Waals surface area contributed by atoms with Crippen molar-refractivity contribution in [1.29, 1.82) is 0 Å². The molecule has 160 valence electrons. The van der Waals surface area contributed by atoms with Crippen molar-refractivity contribution in [3.8, 4) is 0 Å². The van der Waals surface area contributed by atoms with Gasteiger partial charge in [0.05, 0.1) is 6.42 Å². The van der Waals surface area contributed by atoms with E-state index in [1.165, 1.54) is 0 Å². The molecule has 0 saturated carbocycles. The second-order valence-electron chi connectivity index (χ2n) is 7.02. The Morgan fingerprint density at radius 1 is 0.481 bits per heavy atom. The minimum atomic E-state index is -4.11. The minimum absolute atomic E-state index is 0.103. The van der Waals surface area contributed by atoms with Crippen molar-refractivity contribution in [1.82, 2.24) is 0 Å². The summed E-state index contributed by atoms with van der Waals surface area (Å²) in [6.07, 6.45) is -4.39. The van der Waals surface area contributed by atoms with E-state index in [1.54, 1.807) is 0 Å². The molecule has 0 rings (SSSR count). The van der Waals surface area contributed by atoms with Gasteiger partial charge in [0.15, 0.2) is 0 Å². The lowest BCUT2D eigenvalue weighted by molar-refractivity contribution is -0.136. The first-order valence-electron chi connectivity index (χ1n) is 9.66. The lowest BCUT2D eigenvalue weighted by atomic mass is 10.0. The summed E-state index contributed by atoms with van der Waals surface area (Å²) in [6.45, 7) is 0. The summed E-state index contributed by atoms with van der Waals surface area (Å²) in [7, 11) is 0. The zero-order chi connectivity index (χ0) is 20.8. The molecule has 0 spiro atoms. The van der Waals surface area contributed by atoms with Gasteiger partial charge < -0.3 is 0 Å². The highest BCUT2D eigenvalue weighted by Crippen LogP contribution is 2.24. The summed E-state index contributed by atoms with van der Waals surface area (Å²) >= 11 is 0. The third-order valence-electron chi connectivity index (χ3n) is 4.23. The van der Waals surface area contributed by atoms with Crippen molar-refractivity contribution in [2.45, 2.75) is 109 Å². The smallest absolute Gasteiger partial charge is 0.299 e. The molecule has 0 fully saturated rings. The zero-order valence-corrected chi connectivity index (χ0v) is 15.7. The number of carbonyl (C=O) groups is 2. The molecule has 0 radical (unpaired) electrons. The van der Waals surface area contributed by atoms with Crippen LogP contribution in [0, 0.1) is 0 Å². The van der Waals surface area contributed by atoms with Gasteiger partial charge in [-0.3, -0.25) is 9.59 Å². The maximum Gasteiger partial charge on any atom is 0.389 e. The molecule has 0 heterocycles. The monoisotopic (exact) mass is 404 g/mol. The Balaban J connectivity index is 3.48. The van der Waals surface area contributed by atoms with Crippen LogP contribution in [-0.2, 0) is 9.59 Å². The van der Waals surface area contributed by atoms with Gasteiger partial charge in [0, 0.05) is 25.7 Å². The van der Waals surface area contributed by atoms with Crippen molar-refractivity contribution < 1.29 is 35.9 Å². The highest BCUT2D eigenvalue weighted by molar-refractivity contribution is 5.98. The first-order chi connectivity index (χ1) is 12.5. The molecular weight excluding hydrogens is 374 g/mol. The predicted molar refractivity (Wildman–Crippen MR) is 91.4 cm³/mol. The third kappa shape index (κ3) is 21.1. The Hall–Kier alpha value is -1.08. The van der Waals surface area contributed by atoms with Crippen molar-refractivity contribution in [3.05, 3.63) is 0 Å². The Morgan fingerprint density at radius 3 is 1.11 bits per heavy atom. The summed E-state index contributed by atoms with van der Waals surface area (Å²) in [6, 6.07) is 0. The van der Waals surface area contributed by atoms with Gasteiger partial charge in [-0.2, -0.15) is 26.3 Å². The normalized spacial score (nSPS) is 12.4. The molecule has 8 heteroatoms. The topological polar surface area (TPSA) is 34.1 Å². The number of unbranched alkanes of at least 4 members (excludes halogenated alkanes) is 8. The molecule has 27 heavy (non-hydrogen) atoms. The van der Waals surface area contributed by atoms with Crippen LogP contribution in [0.1, 0.15) is 96.3 Å². The van der Waals surface area contributed by atoms with E-state index < -0.39 is 25.2 Å². The molecule has 0 aromatic carbocycles. The van der Waals surface area contributed by atoms with Gasteiger partial charge in [-0.25, -0.2) is 0 Å². The summed E-state index contributed by atoms with van der Waals surface area (Å²) in [5.74, 6) is -0.305. The van der Waals surface area contributed by atoms with E-state index in [9.17, 15) is 35.9 Å². The molecule has 0 aromatic heterocycles. The van der Waals surface area contributed by atoms with E-state index in [-0.39, 0.29) is 43.7 Å². The number of Topliss-reactive ketones (excluding diaryl/α,β-unsaturated/α-hetero) is 2. The maximum atomic E-state index is 11.9. The highest BCUT2D eigenvalue weighted by Gasteiger charge is 2.26. The Bertz CT molecular complexity index is 377. The molecule has 0 aliphatic carbocycles. The first kappa shape index (κ1) is 25.9. The average Bonchev–Trinajstić information content (AvgIpc) is 2.50. The van der Waals surface area contributed by atoms with Gasteiger partial charge >= 0.3 is 12.4 Å². The lowest BCUT2D eigenvalue weighted by Gasteiger charge is -2.06. The van der Waals surface area contributed by atoms with Crippen LogP contribution in [0.5, 0.6) is 0 Å². The quantitative estimate of drug-likeness (QED) is 0.156. The van der Waals surface area contributed by atoms with Gasteiger partial charge in [-0.1, -0.05) is 38.5 Å². The number of hydrogen-bond acceptors (Lipinski definition) is 2. The number of rotatable bonds is 16. The second kappa shape index (κ2) is 14.0. The maximum absolute atomic E-state index is 11.9. The van der Waals surface area contributed by atoms with Crippen LogP contribution in [0.25, 0.3) is 0 Å². The van der Waals surface area contributed by atoms with Gasteiger partial charge in [-0.15, -0.1) is 0 Å². The number of carbonyl (C=O) groups excluding carboxylic acids is 2. The van der Waals surface area contributed by atoms with Crippen LogP contribution in [0.2, 0.25) is 0 Å². The number of ketones is 2. The van der Waals surface area contributed by atoms with E-state index in [0.717, 1.165) is 0 Å². The average molecular weight is 404 g/mol. The SMILES string of the molecule is O=C(CCCCCCCC(F)(F)F)CC(=O)CCCCCCCC(F)(F)F. The van der Waals surface area contributed by atoms with Gasteiger partial charge in [-0.05, 0) is 25.7 Å². The van der Waals surface area contributed by atoms with Crippen molar-refractivity contribution in [2.24, 2.45) is 0 Å². The van der Waals surface area contributed by atoms with Crippen LogP contribution in [-0.4, -0.2) is 23.9 Å².